The van der Waals surface area contributed by atoms with E-state index in [2.05, 4.69) is 9.36 Å². The Hall–Kier alpha value is -0.250. The minimum absolute atomic E-state index is 0.173. The van der Waals surface area contributed by atoms with Crippen LogP contribution < -0.4 is 0 Å². The van der Waals surface area contributed by atoms with Gasteiger partial charge in [0.1, 0.15) is 5.82 Å². The molecule has 0 fully saturated rings. The second kappa shape index (κ2) is 5.03. The Bertz CT molecular complexity index is 628. The summed E-state index contributed by atoms with van der Waals surface area (Å²) < 4.78 is 48.9. The Morgan fingerprint density at radius 3 is 2.11 bits per heavy atom. The van der Waals surface area contributed by atoms with Gasteiger partial charge in [-0.3, -0.25) is 0 Å². The molecule has 0 unspecified atom stereocenters. The molecule has 1 rings (SSSR count). The molecule has 0 amide bonds. The minimum Gasteiger partial charge on any atom is -0.221 e. The molecule has 0 bridgehead atoms. The van der Waals surface area contributed by atoms with E-state index in [-0.39, 0.29) is 9.75 Å². The highest BCUT2D eigenvalue weighted by Gasteiger charge is 2.26. The summed E-state index contributed by atoms with van der Waals surface area (Å²) in [5, 5.41) is 0. The molecular formula is C8H13ClN2O4S3. The van der Waals surface area contributed by atoms with E-state index in [9.17, 15) is 16.8 Å². The van der Waals surface area contributed by atoms with Gasteiger partial charge in [-0.05, 0) is 11.5 Å². The van der Waals surface area contributed by atoms with E-state index in [4.69, 9.17) is 10.7 Å². The SMILES string of the molecule is CC(C)(C)c1nsc(S(=O)(=O)CCS(=O)(=O)Cl)n1. The molecule has 10 heteroatoms. The molecule has 0 aliphatic rings. The molecule has 0 spiro atoms. The smallest absolute Gasteiger partial charge is 0.221 e. The normalized spacial score (nSPS) is 13.8. The van der Waals surface area contributed by atoms with Crippen LogP contribution in [0, 0.1) is 0 Å². The summed E-state index contributed by atoms with van der Waals surface area (Å²) >= 11 is 0.747. The molecule has 0 saturated heterocycles. The van der Waals surface area contributed by atoms with Crippen molar-refractivity contribution in [1.29, 1.82) is 0 Å². The quantitative estimate of drug-likeness (QED) is 0.768. The number of hydrogen-bond acceptors (Lipinski definition) is 7. The van der Waals surface area contributed by atoms with E-state index in [0.29, 0.717) is 5.82 Å². The fraction of sp³-hybridized carbons (Fsp3) is 0.750. The number of halogens is 1. The van der Waals surface area contributed by atoms with Gasteiger partial charge < -0.3 is 0 Å². The summed E-state index contributed by atoms with van der Waals surface area (Å²) in [6.45, 7) is 5.57. The molecule has 0 aromatic carbocycles. The Balaban J connectivity index is 2.97. The monoisotopic (exact) mass is 332 g/mol. The summed E-state index contributed by atoms with van der Waals surface area (Å²) in [5.41, 5.74) is -0.358. The van der Waals surface area contributed by atoms with E-state index in [1.54, 1.807) is 0 Å². The number of rotatable bonds is 4. The molecule has 0 saturated carbocycles. The van der Waals surface area contributed by atoms with Crippen LogP contribution in [0.3, 0.4) is 0 Å². The summed E-state index contributed by atoms with van der Waals surface area (Å²) in [7, 11) is -2.61. The van der Waals surface area contributed by atoms with Crippen LogP contribution in [0.15, 0.2) is 4.34 Å². The van der Waals surface area contributed by atoms with Crippen LogP contribution in [-0.2, 0) is 24.3 Å². The Labute approximate surface area is 115 Å². The average Bonchev–Trinajstić information content (AvgIpc) is 2.62. The molecule has 0 aliphatic heterocycles. The van der Waals surface area contributed by atoms with E-state index < -0.39 is 30.4 Å². The van der Waals surface area contributed by atoms with Crippen molar-refractivity contribution in [3.05, 3.63) is 5.82 Å². The number of nitrogens with zero attached hydrogens (tertiary/aromatic N) is 2. The maximum Gasteiger partial charge on any atom is 0.233 e. The van der Waals surface area contributed by atoms with Crippen molar-refractivity contribution in [2.24, 2.45) is 0 Å². The zero-order valence-electron chi connectivity index (χ0n) is 10.0. The van der Waals surface area contributed by atoms with Crippen molar-refractivity contribution in [2.45, 2.75) is 30.5 Å². The summed E-state index contributed by atoms with van der Waals surface area (Å²) in [6, 6.07) is 0. The second-order valence-corrected chi connectivity index (χ2v) is 10.6. The summed E-state index contributed by atoms with van der Waals surface area (Å²) in [6.07, 6.45) is 0. The van der Waals surface area contributed by atoms with Gasteiger partial charge in [0.2, 0.25) is 23.2 Å². The lowest BCUT2D eigenvalue weighted by molar-refractivity contribution is 0.548. The van der Waals surface area contributed by atoms with E-state index in [1.807, 2.05) is 20.8 Å². The van der Waals surface area contributed by atoms with Gasteiger partial charge in [-0.15, -0.1) is 0 Å². The predicted octanol–water partition coefficient (Wildman–Crippen LogP) is 1.18. The third kappa shape index (κ3) is 4.45. The second-order valence-electron chi connectivity index (χ2n) is 4.70. The van der Waals surface area contributed by atoms with Crippen LogP contribution in [0.2, 0.25) is 0 Å². The van der Waals surface area contributed by atoms with Crippen LogP contribution >= 0.6 is 22.2 Å². The van der Waals surface area contributed by atoms with Gasteiger partial charge in [-0.2, -0.15) is 4.37 Å². The van der Waals surface area contributed by atoms with Gasteiger partial charge in [0, 0.05) is 16.1 Å². The largest absolute Gasteiger partial charge is 0.233 e. The van der Waals surface area contributed by atoms with Gasteiger partial charge in [0.05, 0.1) is 11.5 Å². The van der Waals surface area contributed by atoms with Crippen molar-refractivity contribution < 1.29 is 16.8 Å². The standard InChI is InChI=1S/C8H13ClN2O4S3/c1-8(2,3)6-10-7(16-11-6)17(12,13)4-5-18(9,14)15/h4-5H2,1-3H3. The molecule has 1 aromatic rings. The lowest BCUT2D eigenvalue weighted by Crippen LogP contribution is -2.16. The third-order valence-electron chi connectivity index (χ3n) is 1.94. The van der Waals surface area contributed by atoms with Gasteiger partial charge in [-0.1, -0.05) is 20.8 Å². The molecule has 18 heavy (non-hydrogen) atoms. The molecule has 0 aliphatic carbocycles. The average molecular weight is 333 g/mol. The fourth-order valence-electron chi connectivity index (χ4n) is 0.937. The highest BCUT2D eigenvalue weighted by Crippen LogP contribution is 2.23. The Morgan fingerprint density at radius 1 is 1.17 bits per heavy atom. The lowest BCUT2D eigenvalue weighted by Gasteiger charge is -2.12. The van der Waals surface area contributed by atoms with Crippen molar-refractivity contribution >= 4 is 41.1 Å². The van der Waals surface area contributed by atoms with Crippen molar-refractivity contribution in [3.8, 4) is 0 Å². The number of sulfone groups is 1. The van der Waals surface area contributed by atoms with Crippen LogP contribution in [0.4, 0.5) is 0 Å². The topological polar surface area (TPSA) is 94.1 Å². The third-order valence-corrected chi connectivity index (χ3v) is 6.22. The first-order valence-corrected chi connectivity index (χ1v) is 9.81. The summed E-state index contributed by atoms with van der Waals surface area (Å²) in [4.78, 5) is 3.94. The van der Waals surface area contributed by atoms with Gasteiger partial charge in [0.15, 0.2) is 0 Å². The van der Waals surface area contributed by atoms with Gasteiger partial charge in [0.25, 0.3) is 0 Å². The van der Waals surface area contributed by atoms with Crippen LogP contribution in [0.1, 0.15) is 26.6 Å². The van der Waals surface area contributed by atoms with Gasteiger partial charge in [-0.25, -0.2) is 21.8 Å². The van der Waals surface area contributed by atoms with Crippen LogP contribution in [-0.4, -0.2) is 37.7 Å². The highest BCUT2D eigenvalue weighted by molar-refractivity contribution is 8.14. The fourth-order valence-corrected chi connectivity index (χ4v) is 5.00. The first-order valence-electron chi connectivity index (χ1n) is 4.91. The van der Waals surface area contributed by atoms with Crippen molar-refractivity contribution in [1.82, 2.24) is 9.36 Å². The molecule has 1 aromatic heterocycles. The van der Waals surface area contributed by atoms with Gasteiger partial charge >= 0.3 is 0 Å². The zero-order chi connectivity index (χ0) is 14.2. The van der Waals surface area contributed by atoms with Crippen LogP contribution in [0.5, 0.6) is 0 Å². The summed E-state index contributed by atoms with van der Waals surface area (Å²) in [5.74, 6) is -0.807. The first kappa shape index (κ1) is 15.8. The van der Waals surface area contributed by atoms with Crippen LogP contribution in [0.25, 0.3) is 0 Å². The van der Waals surface area contributed by atoms with E-state index in [0.717, 1.165) is 11.5 Å². The van der Waals surface area contributed by atoms with Crippen molar-refractivity contribution in [3.63, 3.8) is 0 Å². The molecule has 1 heterocycles. The molecule has 0 N–H and O–H groups in total. The Kier molecular flexibility index (Phi) is 4.41. The maximum absolute atomic E-state index is 11.8. The van der Waals surface area contributed by atoms with Crippen molar-refractivity contribution in [2.75, 3.05) is 11.5 Å². The van der Waals surface area contributed by atoms with E-state index in [1.165, 1.54) is 0 Å². The molecular weight excluding hydrogens is 320 g/mol. The minimum atomic E-state index is -3.84. The molecule has 6 nitrogen and oxygen atoms in total. The molecule has 104 valence electrons. The Morgan fingerprint density at radius 2 is 1.72 bits per heavy atom. The first-order chi connectivity index (χ1) is 7.92. The predicted molar refractivity (Wildman–Crippen MR) is 70.3 cm³/mol. The zero-order valence-corrected chi connectivity index (χ0v) is 13.2. The number of hydrogen-bond donors (Lipinski definition) is 0. The van der Waals surface area contributed by atoms with E-state index >= 15 is 0 Å². The molecule has 0 atom stereocenters. The highest BCUT2D eigenvalue weighted by atomic mass is 35.7. The lowest BCUT2D eigenvalue weighted by atomic mass is 9.96. The molecule has 0 radical (unpaired) electrons. The maximum atomic E-state index is 11.8. The number of aromatic nitrogens is 2.